The summed E-state index contributed by atoms with van der Waals surface area (Å²) in [5, 5.41) is 5.95. The number of ether oxygens (including phenoxy) is 1. The highest BCUT2D eigenvalue weighted by Crippen LogP contribution is 2.22. The zero-order valence-electron chi connectivity index (χ0n) is 13.0. The number of carbonyl (C=O) groups is 1. The molecular formula is C19H18N2O2. The first-order valence-corrected chi connectivity index (χ1v) is 7.54. The van der Waals surface area contributed by atoms with E-state index in [-0.39, 0.29) is 5.91 Å². The number of methoxy groups -OCH3 is 1. The van der Waals surface area contributed by atoms with E-state index in [1.54, 1.807) is 7.11 Å². The van der Waals surface area contributed by atoms with Crippen LogP contribution in [0.15, 0.2) is 65.8 Å². The maximum Gasteiger partial charge on any atom is 0.247 e. The molecule has 1 aliphatic rings. The van der Waals surface area contributed by atoms with Gasteiger partial charge in [-0.1, -0.05) is 36.4 Å². The molecule has 3 rings (SSSR count). The van der Waals surface area contributed by atoms with Crippen molar-refractivity contribution in [3.8, 4) is 5.75 Å². The first-order valence-electron chi connectivity index (χ1n) is 7.54. The third kappa shape index (κ3) is 3.48. The van der Waals surface area contributed by atoms with Crippen LogP contribution in [-0.2, 0) is 4.79 Å². The Labute approximate surface area is 135 Å². The second-order valence-corrected chi connectivity index (χ2v) is 5.21. The molecule has 0 aromatic heterocycles. The molecule has 0 saturated carbocycles. The summed E-state index contributed by atoms with van der Waals surface area (Å²) in [6.07, 6.45) is 5.02. The number of rotatable bonds is 4. The van der Waals surface area contributed by atoms with Gasteiger partial charge < -0.3 is 4.74 Å². The molecule has 116 valence electrons. The van der Waals surface area contributed by atoms with E-state index in [9.17, 15) is 4.79 Å². The first-order chi connectivity index (χ1) is 11.3. The van der Waals surface area contributed by atoms with E-state index in [4.69, 9.17) is 4.74 Å². The van der Waals surface area contributed by atoms with E-state index in [1.807, 2.05) is 66.7 Å². The molecule has 0 bridgehead atoms. The predicted molar refractivity (Wildman–Crippen MR) is 92.6 cm³/mol. The second kappa shape index (κ2) is 6.92. The van der Waals surface area contributed by atoms with Gasteiger partial charge in [0.15, 0.2) is 0 Å². The van der Waals surface area contributed by atoms with Gasteiger partial charge in [0.25, 0.3) is 0 Å². The summed E-state index contributed by atoms with van der Waals surface area (Å²) < 4.78 is 5.34. The van der Waals surface area contributed by atoms with Gasteiger partial charge in [0.2, 0.25) is 5.91 Å². The molecule has 0 unspecified atom stereocenters. The van der Waals surface area contributed by atoms with E-state index >= 15 is 0 Å². The van der Waals surface area contributed by atoms with Gasteiger partial charge >= 0.3 is 0 Å². The molecular weight excluding hydrogens is 288 g/mol. The van der Waals surface area contributed by atoms with Crippen LogP contribution in [0, 0.1) is 0 Å². The Balaban J connectivity index is 1.85. The van der Waals surface area contributed by atoms with E-state index in [2.05, 4.69) is 5.10 Å². The van der Waals surface area contributed by atoms with E-state index in [1.165, 1.54) is 5.01 Å². The van der Waals surface area contributed by atoms with Crippen LogP contribution in [0.1, 0.15) is 18.4 Å². The molecule has 0 radical (unpaired) electrons. The van der Waals surface area contributed by atoms with Crippen LogP contribution in [0.25, 0.3) is 6.08 Å². The third-order valence-electron chi connectivity index (χ3n) is 3.65. The highest BCUT2D eigenvalue weighted by molar-refractivity contribution is 6.07. The van der Waals surface area contributed by atoms with E-state index in [0.717, 1.165) is 22.7 Å². The van der Waals surface area contributed by atoms with Gasteiger partial charge in [0, 0.05) is 18.4 Å². The standard InChI is InChI=1S/C19H18N2O2/c1-23-18-10-6-5-7-15(18)11-12-16-13-14-19(22)21(20-16)17-8-3-2-4-9-17/h2-12H,13-14H2,1H3/b12-11+. The Morgan fingerprint density at radius 1 is 1.00 bits per heavy atom. The van der Waals surface area contributed by atoms with Crippen LogP contribution in [-0.4, -0.2) is 18.7 Å². The SMILES string of the molecule is COc1ccccc1/C=C/C1=NN(c2ccccc2)C(=O)CC1. The van der Waals surface area contributed by atoms with Crippen LogP contribution < -0.4 is 9.75 Å². The molecule has 0 spiro atoms. The zero-order valence-corrected chi connectivity index (χ0v) is 13.0. The van der Waals surface area contributed by atoms with E-state index < -0.39 is 0 Å². The fraction of sp³-hybridized carbons (Fsp3) is 0.158. The van der Waals surface area contributed by atoms with E-state index in [0.29, 0.717) is 12.8 Å². The van der Waals surface area contributed by atoms with Gasteiger partial charge in [0.1, 0.15) is 5.75 Å². The van der Waals surface area contributed by atoms with Crippen molar-refractivity contribution in [2.75, 3.05) is 12.1 Å². The van der Waals surface area contributed by atoms with Crippen LogP contribution in [0.2, 0.25) is 0 Å². The van der Waals surface area contributed by atoms with Gasteiger partial charge in [-0.25, -0.2) is 5.01 Å². The monoisotopic (exact) mass is 306 g/mol. The number of allylic oxidation sites excluding steroid dienone is 1. The van der Waals surface area contributed by atoms with Crippen molar-refractivity contribution in [1.82, 2.24) is 0 Å². The molecule has 0 fully saturated rings. The molecule has 1 amide bonds. The number of amides is 1. The second-order valence-electron chi connectivity index (χ2n) is 5.21. The van der Waals surface area contributed by atoms with Crippen molar-refractivity contribution in [3.05, 3.63) is 66.2 Å². The summed E-state index contributed by atoms with van der Waals surface area (Å²) in [6.45, 7) is 0. The lowest BCUT2D eigenvalue weighted by Gasteiger charge is -2.22. The summed E-state index contributed by atoms with van der Waals surface area (Å²) in [6, 6.07) is 17.3. The van der Waals surface area contributed by atoms with Crippen LogP contribution in [0.3, 0.4) is 0 Å². The van der Waals surface area contributed by atoms with Gasteiger partial charge in [-0.15, -0.1) is 0 Å². The molecule has 0 saturated heterocycles. The number of nitrogens with zero attached hydrogens (tertiary/aromatic N) is 2. The maximum absolute atomic E-state index is 12.1. The quantitative estimate of drug-likeness (QED) is 0.860. The zero-order chi connectivity index (χ0) is 16.1. The fourth-order valence-corrected chi connectivity index (χ4v) is 2.45. The van der Waals surface area contributed by atoms with Gasteiger partial charge in [-0.3, -0.25) is 4.79 Å². The minimum Gasteiger partial charge on any atom is -0.496 e. The lowest BCUT2D eigenvalue weighted by molar-refractivity contribution is -0.118. The Kier molecular flexibility index (Phi) is 4.52. The molecule has 23 heavy (non-hydrogen) atoms. The number of hydrogen-bond acceptors (Lipinski definition) is 3. The highest BCUT2D eigenvalue weighted by Gasteiger charge is 2.20. The first kappa shape index (κ1) is 15.0. The van der Waals surface area contributed by atoms with Gasteiger partial charge in [-0.2, -0.15) is 5.10 Å². The lowest BCUT2D eigenvalue weighted by atomic mass is 10.1. The predicted octanol–water partition coefficient (Wildman–Crippen LogP) is 3.89. The van der Waals surface area contributed by atoms with Crippen molar-refractivity contribution in [2.24, 2.45) is 5.10 Å². The average Bonchev–Trinajstić information content (AvgIpc) is 2.62. The van der Waals surface area contributed by atoms with Gasteiger partial charge in [0.05, 0.1) is 18.5 Å². The minimum absolute atomic E-state index is 0.0191. The summed E-state index contributed by atoms with van der Waals surface area (Å²) in [5.41, 5.74) is 2.65. The van der Waals surface area contributed by atoms with Crippen molar-refractivity contribution in [3.63, 3.8) is 0 Å². The molecule has 1 aliphatic heterocycles. The molecule has 0 N–H and O–H groups in total. The number of benzene rings is 2. The average molecular weight is 306 g/mol. The lowest BCUT2D eigenvalue weighted by Crippen LogP contribution is -2.30. The third-order valence-corrected chi connectivity index (χ3v) is 3.65. The Morgan fingerprint density at radius 2 is 1.74 bits per heavy atom. The molecule has 4 heteroatoms. The summed E-state index contributed by atoms with van der Waals surface area (Å²) in [5.74, 6) is 0.835. The summed E-state index contributed by atoms with van der Waals surface area (Å²) in [7, 11) is 1.65. The van der Waals surface area contributed by atoms with Crippen molar-refractivity contribution < 1.29 is 9.53 Å². The van der Waals surface area contributed by atoms with Crippen molar-refractivity contribution in [1.29, 1.82) is 0 Å². The minimum atomic E-state index is 0.0191. The number of hydrogen-bond donors (Lipinski definition) is 0. The molecule has 1 heterocycles. The van der Waals surface area contributed by atoms with Gasteiger partial charge in [-0.05, 0) is 30.4 Å². The Hall–Kier alpha value is -2.88. The topological polar surface area (TPSA) is 41.9 Å². The number of hydrazone groups is 1. The van der Waals surface area contributed by atoms with Crippen molar-refractivity contribution >= 4 is 23.4 Å². The Morgan fingerprint density at radius 3 is 2.52 bits per heavy atom. The number of carbonyl (C=O) groups excluding carboxylic acids is 1. The maximum atomic E-state index is 12.1. The molecule has 2 aromatic rings. The normalized spacial score (nSPS) is 14.9. The molecule has 4 nitrogen and oxygen atoms in total. The molecule has 0 aliphatic carbocycles. The molecule has 2 aromatic carbocycles. The summed E-state index contributed by atoms with van der Waals surface area (Å²) >= 11 is 0. The van der Waals surface area contributed by atoms with Crippen molar-refractivity contribution in [2.45, 2.75) is 12.8 Å². The van der Waals surface area contributed by atoms with Crippen LogP contribution in [0.4, 0.5) is 5.69 Å². The summed E-state index contributed by atoms with van der Waals surface area (Å²) in [4.78, 5) is 12.1. The van der Waals surface area contributed by atoms with Crippen LogP contribution >= 0.6 is 0 Å². The largest absolute Gasteiger partial charge is 0.496 e. The number of para-hydroxylation sites is 2. The highest BCUT2D eigenvalue weighted by atomic mass is 16.5. The number of anilines is 1. The smallest absolute Gasteiger partial charge is 0.247 e. The fourth-order valence-electron chi connectivity index (χ4n) is 2.45. The molecule has 0 atom stereocenters. The van der Waals surface area contributed by atoms with Crippen LogP contribution in [0.5, 0.6) is 5.75 Å². The Bertz CT molecular complexity index is 751.